The highest BCUT2D eigenvalue weighted by Gasteiger charge is 2.32. The van der Waals surface area contributed by atoms with Gasteiger partial charge in [0.2, 0.25) is 0 Å². The number of hydrogen-bond acceptors (Lipinski definition) is 2. The molecule has 0 aromatic heterocycles. The van der Waals surface area contributed by atoms with Crippen molar-refractivity contribution in [2.24, 2.45) is 0 Å². The van der Waals surface area contributed by atoms with E-state index < -0.39 is 6.36 Å². The number of hydrogen-bond donors (Lipinski definition) is 1. The predicted molar refractivity (Wildman–Crippen MR) is 55.9 cm³/mol. The van der Waals surface area contributed by atoms with E-state index in [9.17, 15) is 13.2 Å². The molecular formula is C10H9BrF3O2. The molecule has 0 atom stereocenters. The van der Waals surface area contributed by atoms with Crippen molar-refractivity contribution in [3.05, 3.63) is 34.2 Å². The van der Waals surface area contributed by atoms with E-state index in [4.69, 9.17) is 5.11 Å². The Morgan fingerprint density at radius 2 is 2.06 bits per heavy atom. The monoisotopic (exact) mass is 297 g/mol. The van der Waals surface area contributed by atoms with Crippen LogP contribution in [0.3, 0.4) is 0 Å². The average molecular weight is 298 g/mol. The Kier molecular flexibility index (Phi) is 4.21. The maximum Gasteiger partial charge on any atom is 0.573 e. The number of rotatable bonds is 3. The van der Waals surface area contributed by atoms with Crippen LogP contribution in [0.4, 0.5) is 13.2 Å². The summed E-state index contributed by atoms with van der Waals surface area (Å²) in [6, 6.07) is 4.23. The van der Waals surface area contributed by atoms with Gasteiger partial charge in [0.1, 0.15) is 5.75 Å². The molecule has 0 aliphatic heterocycles. The summed E-state index contributed by atoms with van der Waals surface area (Å²) in [7, 11) is 0. The summed E-state index contributed by atoms with van der Waals surface area (Å²) in [5.41, 5.74) is 0.490. The van der Waals surface area contributed by atoms with Crippen LogP contribution in [0.25, 0.3) is 0 Å². The van der Waals surface area contributed by atoms with Crippen LogP contribution in [0.1, 0.15) is 12.5 Å². The maximum absolute atomic E-state index is 12.0. The van der Waals surface area contributed by atoms with Crippen molar-refractivity contribution in [2.45, 2.75) is 13.3 Å². The molecular weight excluding hydrogens is 289 g/mol. The van der Waals surface area contributed by atoms with Crippen molar-refractivity contribution in [2.75, 3.05) is 6.61 Å². The molecule has 0 unspecified atom stereocenters. The van der Waals surface area contributed by atoms with Crippen LogP contribution >= 0.6 is 15.9 Å². The van der Waals surface area contributed by atoms with E-state index in [1.54, 1.807) is 13.0 Å². The second kappa shape index (κ2) is 5.05. The Bertz CT molecular complexity index is 366. The zero-order valence-electron chi connectivity index (χ0n) is 8.31. The lowest BCUT2D eigenvalue weighted by Gasteiger charge is -2.15. The van der Waals surface area contributed by atoms with Crippen LogP contribution in [0.5, 0.6) is 5.75 Å². The molecule has 0 amide bonds. The lowest BCUT2D eigenvalue weighted by molar-refractivity contribution is -0.274. The standard InChI is InChI=1S/C10H9BrF3O2/c1-6(5-15)7-3-2-4-8(9(7)11)16-10(12,13)14/h2-4,15H,5H2,1H3. The highest BCUT2D eigenvalue weighted by molar-refractivity contribution is 9.10. The molecule has 1 N–H and O–H groups in total. The second-order valence-corrected chi connectivity index (χ2v) is 3.90. The molecule has 0 saturated carbocycles. The Hall–Kier alpha value is -0.750. The van der Waals surface area contributed by atoms with Gasteiger partial charge in [-0.1, -0.05) is 19.1 Å². The van der Waals surface area contributed by atoms with E-state index >= 15 is 0 Å². The largest absolute Gasteiger partial charge is 0.573 e. The minimum absolute atomic E-state index is 0.180. The minimum Gasteiger partial charge on any atom is -0.405 e. The van der Waals surface area contributed by atoms with E-state index in [0.29, 0.717) is 11.5 Å². The number of halogens is 4. The highest BCUT2D eigenvalue weighted by atomic mass is 79.9. The smallest absolute Gasteiger partial charge is 0.405 e. The first-order valence-electron chi connectivity index (χ1n) is 4.33. The Morgan fingerprint density at radius 1 is 1.44 bits per heavy atom. The fourth-order valence-corrected chi connectivity index (χ4v) is 1.81. The molecule has 6 heteroatoms. The summed E-state index contributed by atoms with van der Waals surface area (Å²) in [6.07, 6.45) is -4.73. The summed E-state index contributed by atoms with van der Waals surface area (Å²) in [5, 5.41) is 8.92. The van der Waals surface area contributed by atoms with Gasteiger partial charge in [-0.25, -0.2) is 0 Å². The number of aliphatic hydroxyl groups is 1. The van der Waals surface area contributed by atoms with E-state index in [-0.39, 0.29) is 16.8 Å². The van der Waals surface area contributed by atoms with Gasteiger partial charge in [0.05, 0.1) is 11.1 Å². The molecule has 0 saturated heterocycles. The van der Waals surface area contributed by atoms with Gasteiger partial charge in [0, 0.05) is 5.92 Å². The molecule has 1 rings (SSSR count). The van der Waals surface area contributed by atoms with E-state index in [0.717, 1.165) is 0 Å². The summed E-state index contributed by atoms with van der Waals surface area (Å²) < 4.78 is 40.1. The Labute approximate surface area is 99.2 Å². The predicted octanol–water partition coefficient (Wildman–Crippen LogP) is 3.28. The van der Waals surface area contributed by atoms with Gasteiger partial charge in [-0.3, -0.25) is 0 Å². The van der Waals surface area contributed by atoms with Crippen molar-refractivity contribution in [1.29, 1.82) is 0 Å². The van der Waals surface area contributed by atoms with Crippen molar-refractivity contribution in [1.82, 2.24) is 0 Å². The van der Waals surface area contributed by atoms with Gasteiger partial charge < -0.3 is 9.84 Å². The van der Waals surface area contributed by atoms with E-state index in [1.807, 2.05) is 0 Å². The van der Waals surface area contributed by atoms with E-state index in [2.05, 4.69) is 20.7 Å². The summed E-state index contributed by atoms with van der Waals surface area (Å²) in [4.78, 5) is 0. The summed E-state index contributed by atoms with van der Waals surface area (Å²) in [6.45, 7) is 1.39. The molecule has 0 bridgehead atoms. The quantitative estimate of drug-likeness (QED) is 0.928. The molecule has 1 radical (unpaired) electrons. The number of aliphatic hydroxyl groups excluding tert-OH is 1. The van der Waals surface area contributed by atoms with Gasteiger partial charge in [0.15, 0.2) is 0 Å². The second-order valence-electron chi connectivity index (χ2n) is 3.10. The van der Waals surface area contributed by atoms with Gasteiger partial charge in [-0.2, -0.15) is 0 Å². The van der Waals surface area contributed by atoms with E-state index in [1.165, 1.54) is 12.1 Å². The fraction of sp³-hybridized carbons (Fsp3) is 0.300. The van der Waals surface area contributed by atoms with Crippen LogP contribution in [-0.2, 0) is 0 Å². The zero-order chi connectivity index (χ0) is 12.3. The van der Waals surface area contributed by atoms with Crippen LogP contribution in [0, 0.1) is 5.92 Å². The van der Waals surface area contributed by atoms with Gasteiger partial charge in [-0.05, 0) is 27.6 Å². The molecule has 16 heavy (non-hydrogen) atoms. The first-order chi connectivity index (χ1) is 7.35. The molecule has 0 aliphatic carbocycles. The number of ether oxygens (including phenoxy) is 1. The highest BCUT2D eigenvalue weighted by Crippen LogP contribution is 2.35. The van der Waals surface area contributed by atoms with Crippen LogP contribution in [0.2, 0.25) is 0 Å². The third-order valence-electron chi connectivity index (χ3n) is 1.89. The average Bonchev–Trinajstić information content (AvgIpc) is 2.18. The van der Waals surface area contributed by atoms with Gasteiger partial charge >= 0.3 is 6.36 Å². The number of benzene rings is 1. The third-order valence-corrected chi connectivity index (χ3v) is 2.70. The summed E-state index contributed by atoms with van der Waals surface area (Å²) in [5.74, 6) is 0.234. The van der Waals surface area contributed by atoms with Crippen molar-refractivity contribution < 1.29 is 23.0 Å². The normalized spacial score (nSPS) is 11.9. The Balaban J connectivity index is 3.04. The molecule has 89 valence electrons. The van der Waals surface area contributed by atoms with Gasteiger partial charge in [-0.15, -0.1) is 13.2 Å². The molecule has 1 aromatic carbocycles. The Morgan fingerprint density at radius 3 is 2.56 bits per heavy atom. The minimum atomic E-state index is -4.73. The first-order valence-corrected chi connectivity index (χ1v) is 5.12. The van der Waals surface area contributed by atoms with Crippen molar-refractivity contribution >= 4 is 15.9 Å². The molecule has 0 fully saturated rings. The van der Waals surface area contributed by atoms with Gasteiger partial charge in [0.25, 0.3) is 0 Å². The van der Waals surface area contributed by atoms with Crippen LogP contribution in [-0.4, -0.2) is 18.1 Å². The molecule has 0 heterocycles. The maximum atomic E-state index is 12.0. The topological polar surface area (TPSA) is 29.5 Å². The third kappa shape index (κ3) is 3.38. The molecule has 0 spiro atoms. The zero-order valence-corrected chi connectivity index (χ0v) is 9.89. The summed E-state index contributed by atoms with van der Waals surface area (Å²) >= 11 is 3.02. The molecule has 2 nitrogen and oxygen atoms in total. The molecule has 1 aromatic rings. The van der Waals surface area contributed by atoms with Crippen LogP contribution in [0.15, 0.2) is 22.7 Å². The first kappa shape index (κ1) is 13.3. The number of alkyl halides is 3. The lowest BCUT2D eigenvalue weighted by Crippen LogP contribution is -2.18. The fourth-order valence-electron chi connectivity index (χ4n) is 1.13. The van der Waals surface area contributed by atoms with Crippen LogP contribution < -0.4 is 4.74 Å². The van der Waals surface area contributed by atoms with Crippen molar-refractivity contribution in [3.8, 4) is 5.75 Å². The molecule has 0 aliphatic rings. The van der Waals surface area contributed by atoms with Crippen molar-refractivity contribution in [3.63, 3.8) is 0 Å². The lowest BCUT2D eigenvalue weighted by atomic mass is 10.0. The SMILES string of the molecule is C[C](CO)c1cccc(OC(F)(F)F)c1Br.